The van der Waals surface area contributed by atoms with E-state index in [9.17, 15) is 18.0 Å². The van der Waals surface area contributed by atoms with E-state index in [0.29, 0.717) is 0 Å². The molecule has 1 unspecified atom stereocenters. The first kappa shape index (κ1) is 11.4. The molecule has 0 aliphatic rings. The van der Waals surface area contributed by atoms with Gasteiger partial charge in [-0.25, -0.2) is 9.97 Å². The summed E-state index contributed by atoms with van der Waals surface area (Å²) in [4.78, 5) is 16.8. The van der Waals surface area contributed by atoms with Crippen LogP contribution in [0.4, 0.5) is 13.2 Å². The van der Waals surface area contributed by atoms with E-state index in [1.807, 2.05) is 0 Å². The number of carbonyl (C=O) groups excluding carboxylic acids is 1. The zero-order valence-electron chi connectivity index (χ0n) is 7.44. The lowest BCUT2D eigenvalue weighted by atomic mass is 10.0. The SMILES string of the molecule is O=COCC(c1cncnc1)C(F)(F)F. The molecule has 1 heterocycles. The maximum atomic E-state index is 12.5. The average molecular weight is 220 g/mol. The molecule has 1 rings (SSSR count). The molecule has 15 heavy (non-hydrogen) atoms. The molecule has 0 bridgehead atoms. The molecule has 0 radical (unpaired) electrons. The van der Waals surface area contributed by atoms with E-state index < -0.39 is 18.7 Å². The molecule has 0 aromatic carbocycles. The molecule has 0 N–H and O–H groups in total. The minimum atomic E-state index is -4.49. The highest BCUT2D eigenvalue weighted by atomic mass is 19.4. The van der Waals surface area contributed by atoms with E-state index in [0.717, 1.165) is 18.7 Å². The molecule has 1 atom stereocenters. The standard InChI is InChI=1S/C8H7F3N2O2/c9-8(10,11)7(3-15-5-14)6-1-12-4-13-2-6/h1-2,4-5,7H,3H2. The minimum Gasteiger partial charge on any atom is -0.467 e. The predicted molar refractivity (Wildman–Crippen MR) is 42.8 cm³/mol. The lowest BCUT2D eigenvalue weighted by Crippen LogP contribution is -2.25. The molecule has 0 spiro atoms. The van der Waals surface area contributed by atoms with Gasteiger partial charge in [0.05, 0.1) is 0 Å². The van der Waals surface area contributed by atoms with Crippen LogP contribution >= 0.6 is 0 Å². The maximum absolute atomic E-state index is 12.5. The topological polar surface area (TPSA) is 52.1 Å². The van der Waals surface area contributed by atoms with E-state index in [1.54, 1.807) is 0 Å². The molecule has 0 amide bonds. The molecule has 1 aromatic heterocycles. The Bertz CT molecular complexity index is 315. The van der Waals surface area contributed by atoms with Crippen LogP contribution in [0.5, 0.6) is 0 Å². The molecule has 0 fully saturated rings. The van der Waals surface area contributed by atoms with Crippen molar-refractivity contribution in [3.05, 3.63) is 24.3 Å². The van der Waals surface area contributed by atoms with Gasteiger partial charge in [-0.05, 0) is 0 Å². The molecular formula is C8H7F3N2O2. The Morgan fingerprint density at radius 3 is 2.47 bits per heavy atom. The lowest BCUT2D eigenvalue weighted by molar-refractivity contribution is -0.164. The van der Waals surface area contributed by atoms with Gasteiger partial charge in [0.2, 0.25) is 0 Å². The van der Waals surface area contributed by atoms with Crippen molar-refractivity contribution >= 4 is 6.47 Å². The normalized spacial score (nSPS) is 13.3. The Hall–Kier alpha value is -1.66. The molecule has 0 aliphatic carbocycles. The van der Waals surface area contributed by atoms with Crippen molar-refractivity contribution < 1.29 is 22.7 Å². The van der Waals surface area contributed by atoms with Crippen molar-refractivity contribution in [3.63, 3.8) is 0 Å². The van der Waals surface area contributed by atoms with Crippen LogP contribution in [-0.2, 0) is 9.53 Å². The molecule has 7 heteroatoms. The van der Waals surface area contributed by atoms with E-state index in [-0.39, 0.29) is 12.0 Å². The molecule has 82 valence electrons. The van der Waals surface area contributed by atoms with Gasteiger partial charge in [-0.3, -0.25) is 4.79 Å². The van der Waals surface area contributed by atoms with E-state index in [4.69, 9.17) is 0 Å². The quantitative estimate of drug-likeness (QED) is 0.717. The smallest absolute Gasteiger partial charge is 0.399 e. The number of aromatic nitrogens is 2. The summed E-state index contributed by atoms with van der Waals surface area (Å²) < 4.78 is 41.6. The summed E-state index contributed by atoms with van der Waals surface area (Å²) in [7, 11) is 0. The van der Waals surface area contributed by atoms with Crippen LogP contribution < -0.4 is 0 Å². The Morgan fingerprint density at radius 1 is 1.40 bits per heavy atom. The van der Waals surface area contributed by atoms with Crippen LogP contribution in [0.2, 0.25) is 0 Å². The van der Waals surface area contributed by atoms with E-state index in [2.05, 4.69) is 14.7 Å². The zero-order chi connectivity index (χ0) is 11.3. The van der Waals surface area contributed by atoms with Crippen LogP contribution in [0.1, 0.15) is 11.5 Å². The van der Waals surface area contributed by atoms with E-state index >= 15 is 0 Å². The first-order valence-electron chi connectivity index (χ1n) is 3.92. The summed E-state index contributed by atoms with van der Waals surface area (Å²) in [6.45, 7) is -0.789. The van der Waals surface area contributed by atoms with Crippen molar-refractivity contribution in [1.82, 2.24) is 9.97 Å². The Morgan fingerprint density at radius 2 is 2.00 bits per heavy atom. The summed E-state index contributed by atoms with van der Waals surface area (Å²) in [5.74, 6) is -1.89. The van der Waals surface area contributed by atoms with Gasteiger partial charge in [0.1, 0.15) is 18.9 Å². The number of rotatable bonds is 4. The number of alkyl halides is 3. The Balaban J connectivity index is 2.86. The van der Waals surface area contributed by atoms with Crippen molar-refractivity contribution in [1.29, 1.82) is 0 Å². The Labute approximate surface area is 83.1 Å². The summed E-state index contributed by atoms with van der Waals surface area (Å²) in [5.41, 5.74) is -0.133. The van der Waals surface area contributed by atoms with Gasteiger partial charge in [-0.1, -0.05) is 0 Å². The van der Waals surface area contributed by atoms with Crippen molar-refractivity contribution in [2.45, 2.75) is 12.1 Å². The highest BCUT2D eigenvalue weighted by molar-refractivity contribution is 5.37. The molecule has 4 nitrogen and oxygen atoms in total. The largest absolute Gasteiger partial charge is 0.467 e. The third-order valence-electron chi connectivity index (χ3n) is 1.71. The highest BCUT2D eigenvalue weighted by Gasteiger charge is 2.41. The van der Waals surface area contributed by atoms with Crippen molar-refractivity contribution in [2.24, 2.45) is 0 Å². The van der Waals surface area contributed by atoms with Crippen LogP contribution in [0.15, 0.2) is 18.7 Å². The van der Waals surface area contributed by atoms with Gasteiger partial charge >= 0.3 is 6.18 Å². The fourth-order valence-electron chi connectivity index (χ4n) is 1.01. The fraction of sp³-hybridized carbons (Fsp3) is 0.375. The fourth-order valence-corrected chi connectivity index (χ4v) is 1.01. The van der Waals surface area contributed by atoms with Crippen LogP contribution in [0.3, 0.4) is 0 Å². The van der Waals surface area contributed by atoms with Crippen LogP contribution in [0, 0.1) is 0 Å². The first-order chi connectivity index (χ1) is 7.05. The van der Waals surface area contributed by atoms with Crippen LogP contribution in [0.25, 0.3) is 0 Å². The number of halogens is 3. The Kier molecular flexibility index (Phi) is 3.59. The van der Waals surface area contributed by atoms with Gasteiger partial charge in [-0.15, -0.1) is 0 Å². The highest BCUT2D eigenvalue weighted by Crippen LogP contribution is 2.34. The molecule has 0 aliphatic heterocycles. The van der Waals surface area contributed by atoms with E-state index in [1.165, 1.54) is 0 Å². The van der Waals surface area contributed by atoms with Gasteiger partial charge in [0, 0.05) is 18.0 Å². The van der Waals surface area contributed by atoms with Gasteiger partial charge in [0.15, 0.2) is 0 Å². The predicted octanol–water partition coefficient (Wildman–Crippen LogP) is 1.30. The molecule has 0 saturated heterocycles. The summed E-state index contributed by atoms with van der Waals surface area (Å²) in [6, 6.07) is 0. The zero-order valence-corrected chi connectivity index (χ0v) is 7.44. The van der Waals surface area contributed by atoms with Crippen molar-refractivity contribution in [2.75, 3.05) is 6.61 Å². The second kappa shape index (κ2) is 4.72. The number of hydrogen-bond acceptors (Lipinski definition) is 4. The average Bonchev–Trinajstić information content (AvgIpc) is 2.18. The monoisotopic (exact) mass is 220 g/mol. The number of nitrogens with zero attached hydrogens (tertiary/aromatic N) is 2. The van der Waals surface area contributed by atoms with Crippen molar-refractivity contribution in [3.8, 4) is 0 Å². The number of hydrogen-bond donors (Lipinski definition) is 0. The second-order valence-corrected chi connectivity index (χ2v) is 2.70. The van der Waals surface area contributed by atoms with Crippen LogP contribution in [-0.4, -0.2) is 29.2 Å². The first-order valence-corrected chi connectivity index (χ1v) is 3.92. The summed E-state index contributed by atoms with van der Waals surface area (Å²) in [6.07, 6.45) is -1.29. The number of carbonyl (C=O) groups is 1. The van der Waals surface area contributed by atoms with Gasteiger partial charge in [0.25, 0.3) is 6.47 Å². The maximum Gasteiger partial charge on any atom is 0.399 e. The third kappa shape index (κ3) is 3.19. The molecule has 0 saturated carbocycles. The molecular weight excluding hydrogens is 213 g/mol. The summed E-state index contributed by atoms with van der Waals surface area (Å²) >= 11 is 0. The van der Waals surface area contributed by atoms with Gasteiger partial charge in [-0.2, -0.15) is 13.2 Å². The molecule has 1 aromatic rings. The number of ether oxygens (including phenoxy) is 1. The lowest BCUT2D eigenvalue weighted by Gasteiger charge is -2.18. The van der Waals surface area contributed by atoms with Gasteiger partial charge < -0.3 is 4.74 Å². The third-order valence-corrected chi connectivity index (χ3v) is 1.71. The summed E-state index contributed by atoms with van der Waals surface area (Å²) in [5, 5.41) is 0. The second-order valence-electron chi connectivity index (χ2n) is 2.70. The minimum absolute atomic E-state index is 0.0253.